The van der Waals surface area contributed by atoms with E-state index >= 15 is 0 Å². The molecule has 0 amide bonds. The number of methoxy groups -OCH3 is 1. The topological polar surface area (TPSA) is 28.6 Å². The van der Waals surface area contributed by atoms with E-state index in [2.05, 4.69) is 9.88 Å². The number of hydrogen-bond donors (Lipinski definition) is 0. The summed E-state index contributed by atoms with van der Waals surface area (Å²) in [5.74, 6) is 1.16. The molecule has 1 fully saturated rings. The van der Waals surface area contributed by atoms with Gasteiger partial charge >= 0.3 is 6.18 Å². The zero-order chi connectivity index (χ0) is 17.2. The number of alkyl halides is 3. The van der Waals surface area contributed by atoms with Crippen LogP contribution in [0.3, 0.4) is 0 Å². The van der Waals surface area contributed by atoms with E-state index in [0.29, 0.717) is 32.0 Å². The molecule has 1 aromatic carbocycles. The Hall–Kier alpha value is -2.44. The molecule has 1 aliphatic rings. The summed E-state index contributed by atoms with van der Waals surface area (Å²) < 4.78 is 43.9. The molecule has 24 heavy (non-hydrogen) atoms. The molecule has 0 radical (unpaired) electrons. The Kier molecular flexibility index (Phi) is 4.51. The molecule has 128 valence electrons. The van der Waals surface area contributed by atoms with Gasteiger partial charge in [0.15, 0.2) is 0 Å². The summed E-state index contributed by atoms with van der Waals surface area (Å²) in [7, 11) is 1.63. The van der Waals surface area contributed by atoms with Crippen molar-refractivity contribution in [2.75, 3.05) is 43.1 Å². The van der Waals surface area contributed by atoms with Crippen LogP contribution < -0.4 is 14.5 Å². The second-order valence-electron chi connectivity index (χ2n) is 5.55. The average molecular weight is 337 g/mol. The zero-order valence-corrected chi connectivity index (χ0v) is 13.3. The van der Waals surface area contributed by atoms with Gasteiger partial charge in [0.25, 0.3) is 0 Å². The lowest BCUT2D eigenvalue weighted by molar-refractivity contribution is -0.137. The van der Waals surface area contributed by atoms with Gasteiger partial charge in [-0.05, 0) is 24.3 Å². The Balaban J connectivity index is 1.71. The molecule has 0 aliphatic carbocycles. The van der Waals surface area contributed by atoms with E-state index < -0.39 is 11.7 Å². The fourth-order valence-electron chi connectivity index (χ4n) is 2.84. The van der Waals surface area contributed by atoms with Crippen molar-refractivity contribution in [2.24, 2.45) is 0 Å². The maximum Gasteiger partial charge on any atom is 0.416 e. The molecule has 1 aromatic heterocycles. The minimum atomic E-state index is -4.35. The third kappa shape index (κ3) is 3.39. The van der Waals surface area contributed by atoms with E-state index in [-0.39, 0.29) is 0 Å². The van der Waals surface area contributed by atoms with Gasteiger partial charge in [0.1, 0.15) is 11.6 Å². The molecule has 0 unspecified atom stereocenters. The van der Waals surface area contributed by atoms with Gasteiger partial charge in [-0.15, -0.1) is 0 Å². The van der Waals surface area contributed by atoms with Crippen LogP contribution in [0.2, 0.25) is 0 Å². The van der Waals surface area contributed by atoms with E-state index in [0.717, 1.165) is 23.6 Å². The summed E-state index contributed by atoms with van der Waals surface area (Å²) >= 11 is 0. The number of piperazine rings is 1. The van der Waals surface area contributed by atoms with Crippen molar-refractivity contribution < 1.29 is 17.9 Å². The van der Waals surface area contributed by atoms with Crippen LogP contribution in [-0.4, -0.2) is 38.3 Å². The van der Waals surface area contributed by atoms with Gasteiger partial charge in [-0.3, -0.25) is 0 Å². The van der Waals surface area contributed by atoms with Crippen molar-refractivity contribution in [3.63, 3.8) is 0 Å². The van der Waals surface area contributed by atoms with Crippen LogP contribution >= 0.6 is 0 Å². The SMILES string of the molecule is COc1ccccc1N1CCN(c2cc(C(F)(F)F)ccn2)CC1. The molecule has 0 N–H and O–H groups in total. The Morgan fingerprint density at radius 1 is 1.00 bits per heavy atom. The summed E-state index contributed by atoms with van der Waals surface area (Å²) in [6.45, 7) is 2.59. The van der Waals surface area contributed by atoms with Crippen molar-refractivity contribution in [3.05, 3.63) is 48.2 Å². The van der Waals surface area contributed by atoms with Crippen LogP contribution in [0.4, 0.5) is 24.7 Å². The summed E-state index contributed by atoms with van der Waals surface area (Å²) in [4.78, 5) is 8.14. The number of pyridine rings is 1. The largest absolute Gasteiger partial charge is 0.495 e. The Labute approximate surface area is 138 Å². The highest BCUT2D eigenvalue weighted by atomic mass is 19.4. The van der Waals surface area contributed by atoms with Gasteiger partial charge in [-0.2, -0.15) is 13.2 Å². The minimum absolute atomic E-state index is 0.365. The highest BCUT2D eigenvalue weighted by Gasteiger charge is 2.31. The van der Waals surface area contributed by atoms with Crippen LogP contribution in [0, 0.1) is 0 Å². The maximum atomic E-state index is 12.8. The van der Waals surface area contributed by atoms with Gasteiger partial charge in [0.2, 0.25) is 0 Å². The quantitative estimate of drug-likeness (QED) is 0.858. The van der Waals surface area contributed by atoms with E-state index in [1.807, 2.05) is 29.2 Å². The van der Waals surface area contributed by atoms with Gasteiger partial charge in [0, 0.05) is 32.4 Å². The number of nitrogens with zero attached hydrogens (tertiary/aromatic N) is 3. The zero-order valence-electron chi connectivity index (χ0n) is 13.3. The van der Waals surface area contributed by atoms with Crippen LogP contribution in [-0.2, 0) is 6.18 Å². The van der Waals surface area contributed by atoms with E-state index in [1.54, 1.807) is 7.11 Å². The number of hydrogen-bond acceptors (Lipinski definition) is 4. The lowest BCUT2D eigenvalue weighted by Crippen LogP contribution is -2.47. The van der Waals surface area contributed by atoms with Gasteiger partial charge in [0.05, 0.1) is 18.4 Å². The number of rotatable bonds is 3. The molecule has 4 nitrogen and oxygen atoms in total. The standard InChI is InChI=1S/C17H18F3N3O/c1-24-15-5-3-2-4-14(15)22-8-10-23(11-9-22)16-12-13(6-7-21-16)17(18,19)20/h2-7,12H,8-11H2,1H3. The lowest BCUT2D eigenvalue weighted by atomic mass is 10.2. The van der Waals surface area contributed by atoms with E-state index in [1.165, 1.54) is 6.20 Å². The number of halogens is 3. The molecule has 0 atom stereocenters. The monoisotopic (exact) mass is 337 g/mol. The Morgan fingerprint density at radius 2 is 1.67 bits per heavy atom. The molecule has 0 saturated carbocycles. The van der Waals surface area contributed by atoms with Crippen LogP contribution in [0.25, 0.3) is 0 Å². The Morgan fingerprint density at radius 3 is 2.33 bits per heavy atom. The first-order valence-corrected chi connectivity index (χ1v) is 7.65. The van der Waals surface area contributed by atoms with Crippen molar-refractivity contribution >= 4 is 11.5 Å². The van der Waals surface area contributed by atoms with Crippen molar-refractivity contribution in [3.8, 4) is 5.75 Å². The third-order valence-corrected chi connectivity index (χ3v) is 4.10. The fourth-order valence-corrected chi connectivity index (χ4v) is 2.84. The van der Waals surface area contributed by atoms with Crippen molar-refractivity contribution in [2.45, 2.75) is 6.18 Å². The molecule has 0 spiro atoms. The van der Waals surface area contributed by atoms with Gasteiger partial charge < -0.3 is 14.5 Å². The fraction of sp³-hybridized carbons (Fsp3) is 0.353. The number of para-hydroxylation sites is 2. The minimum Gasteiger partial charge on any atom is -0.495 e. The summed E-state index contributed by atoms with van der Waals surface area (Å²) in [5, 5.41) is 0. The van der Waals surface area contributed by atoms with Crippen LogP contribution in [0.5, 0.6) is 5.75 Å². The van der Waals surface area contributed by atoms with Gasteiger partial charge in [-0.1, -0.05) is 12.1 Å². The molecule has 1 aliphatic heterocycles. The molecule has 7 heteroatoms. The second kappa shape index (κ2) is 6.59. The first kappa shape index (κ1) is 16.4. The van der Waals surface area contributed by atoms with Crippen LogP contribution in [0.1, 0.15) is 5.56 Å². The predicted molar refractivity (Wildman–Crippen MR) is 86.7 cm³/mol. The second-order valence-corrected chi connectivity index (χ2v) is 5.55. The third-order valence-electron chi connectivity index (χ3n) is 4.10. The number of ether oxygens (including phenoxy) is 1. The summed E-state index contributed by atoms with van der Waals surface area (Å²) in [6.07, 6.45) is -3.14. The van der Waals surface area contributed by atoms with E-state index in [9.17, 15) is 13.2 Å². The van der Waals surface area contributed by atoms with Crippen molar-refractivity contribution in [1.29, 1.82) is 0 Å². The molecular weight excluding hydrogens is 319 g/mol. The maximum absolute atomic E-state index is 12.8. The molecule has 0 bridgehead atoms. The smallest absolute Gasteiger partial charge is 0.416 e. The van der Waals surface area contributed by atoms with E-state index in [4.69, 9.17) is 4.74 Å². The van der Waals surface area contributed by atoms with Crippen LogP contribution in [0.15, 0.2) is 42.6 Å². The number of anilines is 2. The molecule has 2 heterocycles. The predicted octanol–water partition coefficient (Wildman–Crippen LogP) is 3.44. The lowest BCUT2D eigenvalue weighted by Gasteiger charge is -2.37. The highest BCUT2D eigenvalue weighted by molar-refractivity contribution is 5.59. The highest BCUT2D eigenvalue weighted by Crippen LogP contribution is 2.32. The molecular formula is C17H18F3N3O. The van der Waals surface area contributed by atoms with Crippen molar-refractivity contribution in [1.82, 2.24) is 4.98 Å². The summed E-state index contributed by atoms with van der Waals surface area (Å²) in [5.41, 5.74) is 0.330. The normalized spacial score (nSPS) is 15.5. The molecule has 1 saturated heterocycles. The average Bonchev–Trinajstić information content (AvgIpc) is 2.61. The molecule has 3 rings (SSSR count). The van der Waals surface area contributed by atoms with Gasteiger partial charge in [-0.25, -0.2) is 4.98 Å². The number of benzene rings is 1. The molecule has 2 aromatic rings. The first-order valence-electron chi connectivity index (χ1n) is 7.65. The Bertz CT molecular complexity index is 697. The first-order chi connectivity index (χ1) is 11.5. The number of aromatic nitrogens is 1. The summed E-state index contributed by atoms with van der Waals surface area (Å²) in [6, 6.07) is 9.84.